The van der Waals surface area contributed by atoms with E-state index in [1.807, 2.05) is 6.92 Å². The molecule has 3 rings (SSSR count). The van der Waals surface area contributed by atoms with E-state index in [-0.39, 0.29) is 17.8 Å². The Labute approximate surface area is 141 Å². The van der Waals surface area contributed by atoms with Crippen LogP contribution in [0.2, 0.25) is 0 Å². The van der Waals surface area contributed by atoms with Crippen LogP contribution in [-0.2, 0) is 0 Å². The number of carbonyl (C=O) groups is 1. The van der Waals surface area contributed by atoms with E-state index in [1.165, 1.54) is 12.1 Å². The van der Waals surface area contributed by atoms with Gasteiger partial charge in [0.2, 0.25) is 0 Å². The van der Waals surface area contributed by atoms with Gasteiger partial charge in [-0.3, -0.25) is 4.79 Å². The number of nitrogens with one attached hydrogen (secondary N) is 2. The normalized spacial score (nSPS) is 18.2. The molecule has 24 heavy (non-hydrogen) atoms. The molecular formula is C19H21FN2O2. The standard InChI is InChI=1S/C19H21FN2O2/c1-13(15-10-11-21-12-15)22-19(23)14-2-6-17(7-3-14)24-18-8-4-16(20)5-9-18/h2-9,13,15,21H,10-12H2,1H3,(H,22,23). The maximum Gasteiger partial charge on any atom is 0.251 e. The van der Waals surface area contributed by atoms with Crippen molar-refractivity contribution in [3.63, 3.8) is 0 Å². The summed E-state index contributed by atoms with van der Waals surface area (Å²) in [6.07, 6.45) is 1.09. The van der Waals surface area contributed by atoms with Crippen LogP contribution in [0, 0.1) is 11.7 Å². The molecule has 0 spiro atoms. The number of halogens is 1. The van der Waals surface area contributed by atoms with Crippen molar-refractivity contribution in [2.75, 3.05) is 13.1 Å². The molecule has 2 atom stereocenters. The lowest BCUT2D eigenvalue weighted by molar-refractivity contribution is 0.0929. The van der Waals surface area contributed by atoms with Gasteiger partial charge in [0, 0.05) is 11.6 Å². The molecule has 5 heteroatoms. The molecule has 2 N–H and O–H groups in total. The third kappa shape index (κ3) is 4.11. The fraction of sp³-hybridized carbons (Fsp3) is 0.316. The van der Waals surface area contributed by atoms with Gasteiger partial charge in [0.1, 0.15) is 17.3 Å². The molecule has 1 fully saturated rings. The van der Waals surface area contributed by atoms with E-state index in [4.69, 9.17) is 4.74 Å². The number of carbonyl (C=O) groups excluding carboxylic acids is 1. The van der Waals surface area contributed by atoms with Crippen LogP contribution in [0.25, 0.3) is 0 Å². The van der Waals surface area contributed by atoms with E-state index in [1.54, 1.807) is 36.4 Å². The Morgan fingerprint density at radius 3 is 2.38 bits per heavy atom. The summed E-state index contributed by atoms with van der Waals surface area (Å²) in [5.41, 5.74) is 0.597. The van der Waals surface area contributed by atoms with Crippen LogP contribution in [-0.4, -0.2) is 25.0 Å². The van der Waals surface area contributed by atoms with Crippen LogP contribution in [0.5, 0.6) is 11.5 Å². The van der Waals surface area contributed by atoms with Gasteiger partial charge in [-0.2, -0.15) is 0 Å². The first-order chi connectivity index (χ1) is 11.6. The van der Waals surface area contributed by atoms with Crippen molar-refractivity contribution in [1.82, 2.24) is 10.6 Å². The van der Waals surface area contributed by atoms with E-state index < -0.39 is 0 Å². The van der Waals surface area contributed by atoms with E-state index >= 15 is 0 Å². The number of hydrogen-bond acceptors (Lipinski definition) is 3. The fourth-order valence-electron chi connectivity index (χ4n) is 2.82. The third-order valence-corrected chi connectivity index (χ3v) is 4.33. The minimum atomic E-state index is -0.305. The zero-order valence-electron chi connectivity index (χ0n) is 13.6. The lowest BCUT2D eigenvalue weighted by Gasteiger charge is -2.19. The van der Waals surface area contributed by atoms with E-state index in [0.29, 0.717) is 23.0 Å². The van der Waals surface area contributed by atoms with Crippen LogP contribution >= 0.6 is 0 Å². The summed E-state index contributed by atoms with van der Waals surface area (Å²) in [6.45, 7) is 4.01. The lowest BCUT2D eigenvalue weighted by atomic mass is 10.0. The molecule has 4 nitrogen and oxygen atoms in total. The predicted molar refractivity (Wildman–Crippen MR) is 90.8 cm³/mol. The van der Waals surface area contributed by atoms with Crippen molar-refractivity contribution in [2.45, 2.75) is 19.4 Å². The average molecular weight is 328 g/mol. The minimum absolute atomic E-state index is 0.0808. The number of hydrogen-bond donors (Lipinski definition) is 2. The summed E-state index contributed by atoms with van der Waals surface area (Å²) in [5.74, 6) is 1.25. The molecule has 1 heterocycles. The second-order valence-electron chi connectivity index (χ2n) is 6.10. The first kappa shape index (κ1) is 16.5. The number of benzene rings is 2. The maximum absolute atomic E-state index is 12.9. The summed E-state index contributed by atoms with van der Waals surface area (Å²) >= 11 is 0. The molecule has 1 saturated heterocycles. The number of amides is 1. The summed E-state index contributed by atoms with van der Waals surface area (Å²) < 4.78 is 18.5. The van der Waals surface area contributed by atoms with Crippen LogP contribution in [0.3, 0.4) is 0 Å². The van der Waals surface area contributed by atoms with Crippen LogP contribution in [0.1, 0.15) is 23.7 Å². The van der Waals surface area contributed by atoms with Gasteiger partial charge in [-0.05, 0) is 80.9 Å². The summed E-state index contributed by atoms with van der Waals surface area (Å²) in [5, 5.41) is 6.36. The molecule has 1 amide bonds. The van der Waals surface area contributed by atoms with E-state index in [0.717, 1.165) is 19.5 Å². The molecule has 0 bridgehead atoms. The summed E-state index contributed by atoms with van der Waals surface area (Å²) in [6, 6.07) is 12.9. The zero-order valence-corrected chi connectivity index (χ0v) is 13.6. The smallest absolute Gasteiger partial charge is 0.251 e. The van der Waals surface area contributed by atoms with Crippen molar-refractivity contribution in [2.24, 2.45) is 5.92 Å². The van der Waals surface area contributed by atoms with Gasteiger partial charge < -0.3 is 15.4 Å². The average Bonchev–Trinajstić information content (AvgIpc) is 3.12. The highest BCUT2D eigenvalue weighted by atomic mass is 19.1. The molecule has 0 aromatic heterocycles. The fourth-order valence-corrected chi connectivity index (χ4v) is 2.82. The third-order valence-electron chi connectivity index (χ3n) is 4.33. The van der Waals surface area contributed by atoms with Gasteiger partial charge in [0.15, 0.2) is 0 Å². The number of ether oxygens (including phenoxy) is 1. The Bertz CT molecular complexity index is 680. The van der Waals surface area contributed by atoms with Crippen molar-refractivity contribution >= 4 is 5.91 Å². The van der Waals surface area contributed by atoms with Gasteiger partial charge in [0.05, 0.1) is 0 Å². The van der Waals surface area contributed by atoms with Crippen molar-refractivity contribution in [1.29, 1.82) is 0 Å². The van der Waals surface area contributed by atoms with E-state index in [9.17, 15) is 9.18 Å². The molecule has 1 aliphatic rings. The topological polar surface area (TPSA) is 50.4 Å². The van der Waals surface area contributed by atoms with Gasteiger partial charge in [-0.25, -0.2) is 4.39 Å². The summed E-state index contributed by atoms with van der Waals surface area (Å²) in [7, 11) is 0. The number of rotatable bonds is 5. The molecule has 0 aliphatic carbocycles. The van der Waals surface area contributed by atoms with E-state index in [2.05, 4.69) is 10.6 Å². The molecule has 0 radical (unpaired) electrons. The van der Waals surface area contributed by atoms with Gasteiger partial charge >= 0.3 is 0 Å². The highest BCUT2D eigenvalue weighted by Gasteiger charge is 2.22. The maximum atomic E-state index is 12.9. The zero-order chi connectivity index (χ0) is 16.9. The molecular weight excluding hydrogens is 307 g/mol. The molecule has 2 aromatic rings. The molecule has 0 saturated carbocycles. The largest absolute Gasteiger partial charge is 0.457 e. The van der Waals surface area contributed by atoms with Crippen molar-refractivity contribution in [3.05, 3.63) is 59.9 Å². The first-order valence-corrected chi connectivity index (χ1v) is 8.17. The Morgan fingerprint density at radius 2 is 1.79 bits per heavy atom. The second-order valence-corrected chi connectivity index (χ2v) is 6.10. The second kappa shape index (κ2) is 7.45. The quantitative estimate of drug-likeness (QED) is 0.885. The predicted octanol–water partition coefficient (Wildman–Crippen LogP) is 3.35. The van der Waals surface area contributed by atoms with Crippen LogP contribution in [0.15, 0.2) is 48.5 Å². The van der Waals surface area contributed by atoms with Crippen LogP contribution in [0.4, 0.5) is 4.39 Å². The molecule has 1 aliphatic heterocycles. The Balaban J connectivity index is 1.59. The first-order valence-electron chi connectivity index (χ1n) is 8.17. The highest BCUT2D eigenvalue weighted by molar-refractivity contribution is 5.94. The Hall–Kier alpha value is -2.40. The van der Waals surface area contributed by atoms with Crippen LogP contribution < -0.4 is 15.4 Å². The highest BCUT2D eigenvalue weighted by Crippen LogP contribution is 2.22. The lowest BCUT2D eigenvalue weighted by Crippen LogP contribution is -2.38. The van der Waals surface area contributed by atoms with Crippen molar-refractivity contribution in [3.8, 4) is 11.5 Å². The SMILES string of the molecule is CC(NC(=O)c1ccc(Oc2ccc(F)cc2)cc1)C1CCNC1. The minimum Gasteiger partial charge on any atom is -0.457 e. The monoisotopic (exact) mass is 328 g/mol. The molecule has 126 valence electrons. The Morgan fingerprint density at radius 1 is 1.17 bits per heavy atom. The van der Waals surface area contributed by atoms with Gasteiger partial charge in [-0.1, -0.05) is 0 Å². The van der Waals surface area contributed by atoms with Gasteiger partial charge in [-0.15, -0.1) is 0 Å². The summed E-state index contributed by atoms with van der Waals surface area (Å²) in [4.78, 5) is 12.3. The van der Waals surface area contributed by atoms with Gasteiger partial charge in [0.25, 0.3) is 5.91 Å². The molecule has 2 aromatic carbocycles. The van der Waals surface area contributed by atoms with Crippen molar-refractivity contribution < 1.29 is 13.9 Å². The molecule has 2 unspecified atom stereocenters. The Kier molecular flexibility index (Phi) is 5.11.